The van der Waals surface area contributed by atoms with Gasteiger partial charge in [-0.1, -0.05) is 36.1 Å². The van der Waals surface area contributed by atoms with Gasteiger partial charge in [0.15, 0.2) is 0 Å². The third-order valence-corrected chi connectivity index (χ3v) is 4.57. The minimum atomic E-state index is -0.382. The van der Waals surface area contributed by atoms with E-state index in [4.69, 9.17) is 21.7 Å². The van der Waals surface area contributed by atoms with Gasteiger partial charge in [-0.3, -0.25) is 4.79 Å². The number of allylic oxidation sites excluding steroid dienone is 1. The van der Waals surface area contributed by atoms with Crippen LogP contribution in [0.5, 0.6) is 0 Å². The van der Waals surface area contributed by atoms with Gasteiger partial charge in [-0.25, -0.2) is 4.79 Å². The van der Waals surface area contributed by atoms with Gasteiger partial charge in [0.05, 0.1) is 17.6 Å². The van der Waals surface area contributed by atoms with Gasteiger partial charge in [0.1, 0.15) is 16.2 Å². The van der Waals surface area contributed by atoms with Crippen LogP contribution in [0.3, 0.4) is 0 Å². The van der Waals surface area contributed by atoms with Gasteiger partial charge in [0, 0.05) is 6.42 Å². The molecule has 0 aliphatic carbocycles. The molecule has 5 nitrogen and oxygen atoms in total. The number of esters is 1. The van der Waals surface area contributed by atoms with E-state index in [1.807, 2.05) is 12.1 Å². The smallest absolute Gasteiger partial charge is 0.337 e. The summed E-state index contributed by atoms with van der Waals surface area (Å²) in [5.41, 5.74) is 1.37. The van der Waals surface area contributed by atoms with Crippen LogP contribution in [0.15, 0.2) is 47.1 Å². The highest BCUT2D eigenvalue weighted by Gasteiger charge is 2.25. The van der Waals surface area contributed by atoms with Crippen LogP contribution in [0.25, 0.3) is 0 Å². The van der Waals surface area contributed by atoms with Crippen molar-refractivity contribution in [1.82, 2.24) is 5.32 Å². The molecule has 2 aliphatic heterocycles. The molecule has 0 radical (unpaired) electrons. The minimum absolute atomic E-state index is 0.187. The molecule has 3 rings (SSSR count). The first-order valence-electron chi connectivity index (χ1n) is 6.87. The van der Waals surface area contributed by atoms with Crippen LogP contribution in [0.2, 0.25) is 0 Å². The Morgan fingerprint density at radius 3 is 3.04 bits per heavy atom. The summed E-state index contributed by atoms with van der Waals surface area (Å²) >= 11 is 6.17. The second kappa shape index (κ2) is 6.55. The molecule has 118 valence electrons. The Bertz CT molecular complexity index is 754. The van der Waals surface area contributed by atoms with Crippen LogP contribution in [0.4, 0.5) is 0 Å². The number of hydrogen-bond donors (Lipinski definition) is 1. The van der Waals surface area contributed by atoms with Crippen LogP contribution in [-0.2, 0) is 14.3 Å². The highest BCUT2D eigenvalue weighted by atomic mass is 32.2. The number of benzene rings is 1. The maximum absolute atomic E-state index is 11.7. The highest BCUT2D eigenvalue weighted by molar-refractivity contribution is 8.26. The van der Waals surface area contributed by atoms with E-state index in [1.165, 1.54) is 18.9 Å². The number of thioether (sulfide) groups is 1. The molecule has 0 bridgehead atoms. The number of rotatable bonds is 3. The zero-order chi connectivity index (χ0) is 16.4. The van der Waals surface area contributed by atoms with E-state index in [2.05, 4.69) is 5.32 Å². The zero-order valence-electron chi connectivity index (χ0n) is 12.2. The van der Waals surface area contributed by atoms with Gasteiger partial charge < -0.3 is 14.8 Å². The molecule has 1 unspecified atom stereocenters. The SMILES string of the molecule is COC(=O)c1cccc(C2CC=C(/C=C3\SC(=S)NC3=O)O2)c1. The van der Waals surface area contributed by atoms with Crippen LogP contribution < -0.4 is 5.32 Å². The lowest BCUT2D eigenvalue weighted by atomic mass is 10.0. The second-order valence-corrected chi connectivity index (χ2v) is 6.64. The number of methoxy groups -OCH3 is 1. The molecule has 1 amide bonds. The van der Waals surface area contributed by atoms with Crippen molar-refractivity contribution in [2.45, 2.75) is 12.5 Å². The standard InChI is InChI=1S/C16H13NO4S2/c1-20-15(19)10-4-2-3-9(7-10)12-6-5-11(21-12)8-13-14(18)17-16(22)23-13/h2-5,7-8,12H,6H2,1H3,(H,17,18,22)/b13-8-. The molecule has 1 atom stereocenters. The van der Waals surface area contributed by atoms with E-state index in [9.17, 15) is 9.59 Å². The van der Waals surface area contributed by atoms with Gasteiger partial charge in [-0.2, -0.15) is 0 Å². The summed E-state index contributed by atoms with van der Waals surface area (Å²) in [6.07, 6.45) is 4.08. The Kier molecular flexibility index (Phi) is 4.49. The molecule has 2 aliphatic rings. The Labute approximate surface area is 142 Å². The molecule has 0 aromatic heterocycles. The monoisotopic (exact) mass is 347 g/mol. The van der Waals surface area contributed by atoms with Crippen LogP contribution >= 0.6 is 24.0 Å². The van der Waals surface area contributed by atoms with Crippen molar-refractivity contribution in [1.29, 1.82) is 0 Å². The average Bonchev–Trinajstić information content (AvgIpc) is 3.14. The van der Waals surface area contributed by atoms with Crippen molar-refractivity contribution < 1.29 is 19.1 Å². The number of hydrogen-bond acceptors (Lipinski definition) is 6. The number of carbonyl (C=O) groups is 2. The van der Waals surface area contributed by atoms with Gasteiger partial charge >= 0.3 is 5.97 Å². The molecule has 1 aromatic rings. The zero-order valence-corrected chi connectivity index (χ0v) is 13.8. The quantitative estimate of drug-likeness (QED) is 0.515. The van der Waals surface area contributed by atoms with Crippen LogP contribution in [0, 0.1) is 0 Å². The molecule has 2 heterocycles. The Balaban J connectivity index is 1.72. The Hall–Kier alpha value is -2.12. The van der Waals surface area contributed by atoms with E-state index < -0.39 is 0 Å². The molecule has 1 saturated heterocycles. The maximum Gasteiger partial charge on any atom is 0.337 e. The normalized spacial score (nSPS) is 21.9. The van der Waals surface area contributed by atoms with Crippen molar-refractivity contribution in [2.75, 3.05) is 7.11 Å². The first kappa shape index (κ1) is 15.8. The van der Waals surface area contributed by atoms with Gasteiger partial charge in [-0.05, 0) is 29.8 Å². The van der Waals surface area contributed by atoms with Crippen molar-refractivity contribution in [3.05, 3.63) is 58.2 Å². The van der Waals surface area contributed by atoms with Crippen molar-refractivity contribution in [2.24, 2.45) is 0 Å². The fourth-order valence-corrected chi connectivity index (χ4v) is 3.34. The van der Waals surface area contributed by atoms with Crippen molar-refractivity contribution >= 4 is 40.2 Å². The third-order valence-electron chi connectivity index (χ3n) is 3.41. The molecule has 0 spiro atoms. The van der Waals surface area contributed by atoms with Crippen LogP contribution in [0.1, 0.15) is 28.4 Å². The molecule has 0 saturated carbocycles. The fraction of sp³-hybridized carbons (Fsp3) is 0.188. The van der Waals surface area contributed by atoms with E-state index in [0.29, 0.717) is 27.0 Å². The lowest BCUT2D eigenvalue weighted by Crippen LogP contribution is -2.17. The molecular weight excluding hydrogens is 334 g/mol. The summed E-state index contributed by atoms with van der Waals surface area (Å²) in [6.45, 7) is 0. The second-order valence-electron chi connectivity index (χ2n) is 4.92. The molecular formula is C16H13NO4S2. The van der Waals surface area contributed by atoms with Crippen molar-refractivity contribution in [3.63, 3.8) is 0 Å². The maximum atomic E-state index is 11.7. The topological polar surface area (TPSA) is 64.6 Å². The lowest BCUT2D eigenvalue weighted by molar-refractivity contribution is -0.115. The first-order chi connectivity index (χ1) is 11.1. The summed E-state index contributed by atoms with van der Waals surface area (Å²) in [6, 6.07) is 7.14. The number of nitrogens with one attached hydrogen (secondary N) is 1. The summed E-state index contributed by atoms with van der Waals surface area (Å²) in [4.78, 5) is 23.8. The van der Waals surface area contributed by atoms with E-state index in [0.717, 1.165) is 5.56 Å². The van der Waals surface area contributed by atoms with E-state index in [-0.39, 0.29) is 18.0 Å². The molecule has 23 heavy (non-hydrogen) atoms. The van der Waals surface area contributed by atoms with Gasteiger partial charge in [0.25, 0.3) is 5.91 Å². The van der Waals surface area contributed by atoms with Crippen molar-refractivity contribution in [3.8, 4) is 0 Å². The minimum Gasteiger partial charge on any atom is -0.486 e. The molecule has 1 N–H and O–H groups in total. The number of carbonyl (C=O) groups excluding carboxylic acids is 2. The van der Waals surface area contributed by atoms with E-state index in [1.54, 1.807) is 24.3 Å². The Morgan fingerprint density at radius 1 is 1.52 bits per heavy atom. The largest absolute Gasteiger partial charge is 0.486 e. The average molecular weight is 347 g/mol. The Morgan fingerprint density at radius 2 is 2.35 bits per heavy atom. The molecule has 7 heteroatoms. The highest BCUT2D eigenvalue weighted by Crippen LogP contribution is 2.34. The molecule has 1 fully saturated rings. The van der Waals surface area contributed by atoms with Crippen LogP contribution in [-0.4, -0.2) is 23.3 Å². The predicted octanol–water partition coefficient (Wildman–Crippen LogP) is 2.85. The number of amides is 1. The summed E-state index contributed by atoms with van der Waals surface area (Å²) in [5, 5.41) is 2.56. The van der Waals surface area contributed by atoms with Gasteiger partial charge in [-0.15, -0.1) is 0 Å². The third kappa shape index (κ3) is 3.46. The predicted molar refractivity (Wildman–Crippen MR) is 90.7 cm³/mol. The lowest BCUT2D eigenvalue weighted by Gasteiger charge is -2.13. The summed E-state index contributed by atoms with van der Waals surface area (Å²) < 4.78 is 11.0. The van der Waals surface area contributed by atoms with Gasteiger partial charge in [0.2, 0.25) is 0 Å². The number of ether oxygens (including phenoxy) is 2. The summed E-state index contributed by atoms with van der Waals surface area (Å²) in [5.74, 6) is 0.0362. The fourth-order valence-electron chi connectivity index (χ4n) is 2.31. The first-order valence-corrected chi connectivity index (χ1v) is 8.09. The summed E-state index contributed by atoms with van der Waals surface area (Å²) in [7, 11) is 1.35. The number of thiocarbonyl (C=S) groups is 1. The van der Waals surface area contributed by atoms with E-state index >= 15 is 0 Å². The molecule has 1 aromatic carbocycles.